The number of Topliss-reactive ketones (excluding diaryl/α,β-unsaturated/α-hetero) is 1. The molecule has 0 atom stereocenters. The summed E-state index contributed by atoms with van der Waals surface area (Å²) in [6, 6.07) is 5.83. The molecule has 0 aliphatic carbocycles. The zero-order valence-electron chi connectivity index (χ0n) is 8.71. The van der Waals surface area contributed by atoms with E-state index in [0.717, 1.165) is 19.3 Å². The Morgan fingerprint density at radius 3 is 2.73 bits per heavy atom. The zero-order valence-corrected chi connectivity index (χ0v) is 8.71. The number of nitrogens with two attached hydrogens (primary N) is 1. The van der Waals surface area contributed by atoms with E-state index in [0.29, 0.717) is 18.5 Å². The van der Waals surface area contributed by atoms with Gasteiger partial charge in [-0.25, -0.2) is 4.39 Å². The van der Waals surface area contributed by atoms with Crippen molar-refractivity contribution in [3.8, 4) is 0 Å². The van der Waals surface area contributed by atoms with Crippen LogP contribution >= 0.6 is 0 Å². The number of benzene rings is 1. The van der Waals surface area contributed by atoms with E-state index in [2.05, 4.69) is 0 Å². The van der Waals surface area contributed by atoms with Crippen molar-refractivity contribution in [2.24, 2.45) is 5.73 Å². The SMILES string of the molecule is NCCCCCC(=O)c1cccc(F)c1. The maximum absolute atomic E-state index is 12.8. The van der Waals surface area contributed by atoms with Gasteiger partial charge in [0.15, 0.2) is 5.78 Å². The Hall–Kier alpha value is -1.22. The molecule has 0 bridgehead atoms. The molecule has 0 aliphatic rings. The van der Waals surface area contributed by atoms with Gasteiger partial charge in [0, 0.05) is 12.0 Å². The number of ketones is 1. The summed E-state index contributed by atoms with van der Waals surface area (Å²) in [5.41, 5.74) is 5.80. The summed E-state index contributed by atoms with van der Waals surface area (Å²) in [5, 5.41) is 0. The maximum Gasteiger partial charge on any atom is 0.162 e. The lowest BCUT2D eigenvalue weighted by Crippen LogP contribution is -2.01. The number of unbranched alkanes of at least 4 members (excludes halogenated alkanes) is 2. The van der Waals surface area contributed by atoms with Crippen LogP contribution in [0.4, 0.5) is 4.39 Å². The highest BCUT2D eigenvalue weighted by atomic mass is 19.1. The van der Waals surface area contributed by atoms with E-state index in [1.165, 1.54) is 12.1 Å². The van der Waals surface area contributed by atoms with Crippen LogP contribution in [-0.4, -0.2) is 12.3 Å². The van der Waals surface area contributed by atoms with Crippen LogP contribution in [0, 0.1) is 5.82 Å². The summed E-state index contributed by atoms with van der Waals surface area (Å²) in [6.45, 7) is 0.661. The summed E-state index contributed by atoms with van der Waals surface area (Å²) in [7, 11) is 0. The summed E-state index contributed by atoms with van der Waals surface area (Å²) in [4.78, 5) is 11.6. The molecule has 0 aromatic heterocycles. The number of halogens is 1. The number of hydrogen-bond donors (Lipinski definition) is 1. The first-order chi connectivity index (χ1) is 7.24. The van der Waals surface area contributed by atoms with Crippen LogP contribution in [0.2, 0.25) is 0 Å². The second kappa shape index (κ2) is 6.30. The predicted octanol–water partition coefficient (Wildman–Crippen LogP) is 2.53. The minimum absolute atomic E-state index is 0.00604. The second-order valence-corrected chi connectivity index (χ2v) is 3.53. The van der Waals surface area contributed by atoms with Crippen molar-refractivity contribution in [3.63, 3.8) is 0 Å². The fourth-order valence-electron chi connectivity index (χ4n) is 1.41. The predicted molar refractivity (Wildman–Crippen MR) is 58.3 cm³/mol. The lowest BCUT2D eigenvalue weighted by Gasteiger charge is -2.00. The van der Waals surface area contributed by atoms with Gasteiger partial charge in [-0.15, -0.1) is 0 Å². The van der Waals surface area contributed by atoms with Crippen LogP contribution in [-0.2, 0) is 0 Å². The van der Waals surface area contributed by atoms with Crippen LogP contribution in [0.15, 0.2) is 24.3 Å². The Morgan fingerprint density at radius 1 is 1.27 bits per heavy atom. The summed E-state index contributed by atoms with van der Waals surface area (Å²) in [6.07, 6.45) is 3.20. The van der Waals surface area contributed by atoms with Crippen LogP contribution in [0.1, 0.15) is 36.0 Å². The maximum atomic E-state index is 12.8. The van der Waals surface area contributed by atoms with Gasteiger partial charge in [-0.1, -0.05) is 18.6 Å². The van der Waals surface area contributed by atoms with Crippen molar-refractivity contribution in [3.05, 3.63) is 35.6 Å². The van der Waals surface area contributed by atoms with E-state index in [-0.39, 0.29) is 11.6 Å². The Bertz CT molecular complexity index is 325. The fraction of sp³-hybridized carbons (Fsp3) is 0.417. The molecule has 1 aromatic carbocycles. The van der Waals surface area contributed by atoms with Gasteiger partial charge in [-0.05, 0) is 31.5 Å². The summed E-state index contributed by atoms with van der Waals surface area (Å²) >= 11 is 0. The molecular weight excluding hydrogens is 193 g/mol. The topological polar surface area (TPSA) is 43.1 Å². The highest BCUT2D eigenvalue weighted by molar-refractivity contribution is 5.95. The Labute approximate surface area is 89.3 Å². The molecule has 2 N–H and O–H groups in total. The summed E-state index contributed by atoms with van der Waals surface area (Å²) < 4.78 is 12.8. The van der Waals surface area contributed by atoms with Gasteiger partial charge >= 0.3 is 0 Å². The largest absolute Gasteiger partial charge is 0.330 e. The third-order valence-corrected chi connectivity index (χ3v) is 2.25. The fourth-order valence-corrected chi connectivity index (χ4v) is 1.41. The highest BCUT2D eigenvalue weighted by Crippen LogP contribution is 2.09. The third kappa shape index (κ3) is 4.21. The van der Waals surface area contributed by atoms with Gasteiger partial charge in [-0.3, -0.25) is 4.79 Å². The number of hydrogen-bond acceptors (Lipinski definition) is 2. The quantitative estimate of drug-likeness (QED) is 0.578. The molecule has 0 spiro atoms. The van der Waals surface area contributed by atoms with E-state index in [1.54, 1.807) is 12.1 Å². The van der Waals surface area contributed by atoms with Crippen molar-refractivity contribution >= 4 is 5.78 Å². The van der Waals surface area contributed by atoms with Crippen LogP contribution < -0.4 is 5.73 Å². The molecule has 1 rings (SSSR count). The molecule has 2 nitrogen and oxygen atoms in total. The van der Waals surface area contributed by atoms with Gasteiger partial charge in [-0.2, -0.15) is 0 Å². The normalized spacial score (nSPS) is 10.3. The second-order valence-electron chi connectivity index (χ2n) is 3.53. The molecule has 0 saturated heterocycles. The lowest BCUT2D eigenvalue weighted by molar-refractivity contribution is 0.0979. The van der Waals surface area contributed by atoms with Crippen molar-refractivity contribution in [2.45, 2.75) is 25.7 Å². The zero-order chi connectivity index (χ0) is 11.1. The van der Waals surface area contributed by atoms with Crippen molar-refractivity contribution in [1.29, 1.82) is 0 Å². The van der Waals surface area contributed by atoms with E-state index in [1.807, 2.05) is 0 Å². The van der Waals surface area contributed by atoms with Crippen LogP contribution in [0.25, 0.3) is 0 Å². The lowest BCUT2D eigenvalue weighted by atomic mass is 10.0. The first kappa shape index (κ1) is 11.9. The Balaban J connectivity index is 2.40. The molecule has 0 aliphatic heterocycles. The molecule has 0 radical (unpaired) electrons. The standard InChI is InChI=1S/C12H16FNO/c13-11-6-4-5-10(9-11)12(15)7-2-1-3-8-14/h4-6,9H,1-3,7-8,14H2. The third-order valence-electron chi connectivity index (χ3n) is 2.25. The average Bonchev–Trinajstić information content (AvgIpc) is 2.24. The first-order valence-electron chi connectivity index (χ1n) is 5.23. The molecule has 1 aromatic rings. The minimum Gasteiger partial charge on any atom is -0.330 e. The van der Waals surface area contributed by atoms with E-state index in [9.17, 15) is 9.18 Å². The highest BCUT2D eigenvalue weighted by Gasteiger charge is 2.05. The molecule has 82 valence electrons. The molecule has 3 heteroatoms. The molecule has 0 heterocycles. The van der Waals surface area contributed by atoms with E-state index >= 15 is 0 Å². The molecule has 15 heavy (non-hydrogen) atoms. The Morgan fingerprint density at radius 2 is 2.07 bits per heavy atom. The van der Waals surface area contributed by atoms with Gasteiger partial charge in [0.2, 0.25) is 0 Å². The van der Waals surface area contributed by atoms with E-state index < -0.39 is 0 Å². The van der Waals surface area contributed by atoms with Gasteiger partial charge < -0.3 is 5.73 Å². The van der Waals surface area contributed by atoms with Crippen molar-refractivity contribution in [1.82, 2.24) is 0 Å². The molecule has 0 saturated carbocycles. The van der Waals surface area contributed by atoms with Gasteiger partial charge in [0.1, 0.15) is 5.82 Å². The molecule has 0 amide bonds. The monoisotopic (exact) mass is 209 g/mol. The first-order valence-corrected chi connectivity index (χ1v) is 5.23. The van der Waals surface area contributed by atoms with Crippen LogP contribution in [0.5, 0.6) is 0 Å². The smallest absolute Gasteiger partial charge is 0.162 e. The van der Waals surface area contributed by atoms with Crippen molar-refractivity contribution < 1.29 is 9.18 Å². The number of rotatable bonds is 6. The molecule has 0 fully saturated rings. The van der Waals surface area contributed by atoms with Gasteiger partial charge in [0.05, 0.1) is 0 Å². The number of carbonyl (C=O) groups is 1. The summed E-state index contributed by atoms with van der Waals surface area (Å²) in [5.74, 6) is -0.352. The molecular formula is C12H16FNO. The van der Waals surface area contributed by atoms with Crippen LogP contribution in [0.3, 0.4) is 0 Å². The van der Waals surface area contributed by atoms with Crippen molar-refractivity contribution in [2.75, 3.05) is 6.54 Å². The Kier molecular flexibility index (Phi) is 4.98. The van der Waals surface area contributed by atoms with Gasteiger partial charge in [0.25, 0.3) is 0 Å². The minimum atomic E-state index is -0.359. The molecule has 0 unspecified atom stereocenters. The average molecular weight is 209 g/mol. The van der Waals surface area contributed by atoms with E-state index in [4.69, 9.17) is 5.73 Å². The number of carbonyl (C=O) groups excluding carboxylic acids is 1.